The van der Waals surface area contributed by atoms with Crippen molar-refractivity contribution in [3.63, 3.8) is 0 Å². The molecule has 0 aliphatic rings. The largest absolute Gasteiger partial charge is 0.489 e. The standard InChI is InChI=1S/C30H37ClFN3O9/c1-34-29(38)27(26(19-33)44-16-15-43-14-13-42-12-11-41-10-9-36)21-5-3-20(4-6-21)17-25(30(39)40-2)35-28(37)23-18-22(32)7-8-24(23)31/h3-8,18-19,25,33,36H,9-17H2,1-2H3,(H,34,38)(H,35,37)/b27-26+,33-19?. The zero-order valence-corrected chi connectivity index (χ0v) is 25.3. The molecule has 0 saturated carbocycles. The molecule has 12 nitrogen and oxygen atoms in total. The second-order valence-electron chi connectivity index (χ2n) is 8.95. The van der Waals surface area contributed by atoms with Crippen molar-refractivity contribution in [1.82, 2.24) is 10.6 Å². The van der Waals surface area contributed by atoms with Crippen LogP contribution in [0.25, 0.3) is 5.57 Å². The molecule has 1 unspecified atom stereocenters. The van der Waals surface area contributed by atoms with Crippen LogP contribution >= 0.6 is 11.6 Å². The summed E-state index contributed by atoms with van der Waals surface area (Å²) < 4.78 is 40.0. The first kappa shape index (κ1) is 36.3. The zero-order chi connectivity index (χ0) is 32.3. The predicted octanol–water partition coefficient (Wildman–Crippen LogP) is 2.16. The fraction of sp³-hybridized carbons (Fsp3) is 0.400. The highest BCUT2D eigenvalue weighted by Gasteiger charge is 2.24. The first-order valence-corrected chi connectivity index (χ1v) is 14.0. The van der Waals surface area contributed by atoms with Gasteiger partial charge in [-0.25, -0.2) is 9.18 Å². The van der Waals surface area contributed by atoms with Crippen molar-refractivity contribution < 1.29 is 47.6 Å². The van der Waals surface area contributed by atoms with Crippen molar-refractivity contribution in [2.45, 2.75) is 12.5 Å². The molecule has 2 rings (SSSR count). The van der Waals surface area contributed by atoms with Crippen molar-refractivity contribution in [1.29, 1.82) is 5.41 Å². The number of ether oxygens (including phenoxy) is 5. The number of aliphatic hydroxyl groups is 1. The molecule has 2 aromatic rings. The van der Waals surface area contributed by atoms with Crippen LogP contribution in [-0.4, -0.2) is 102 Å². The number of hydrogen-bond acceptors (Lipinski definition) is 10. The highest BCUT2D eigenvalue weighted by Crippen LogP contribution is 2.21. The lowest BCUT2D eigenvalue weighted by atomic mass is 9.99. The lowest BCUT2D eigenvalue weighted by molar-refractivity contribution is -0.142. The first-order chi connectivity index (χ1) is 21.2. The summed E-state index contributed by atoms with van der Waals surface area (Å²) in [5.74, 6) is -2.60. The van der Waals surface area contributed by atoms with E-state index in [1.54, 1.807) is 24.3 Å². The maximum absolute atomic E-state index is 13.7. The molecule has 0 fully saturated rings. The molecule has 1 atom stereocenters. The minimum Gasteiger partial charge on any atom is -0.489 e. The second-order valence-corrected chi connectivity index (χ2v) is 9.35. The van der Waals surface area contributed by atoms with Crippen LogP contribution in [-0.2, 0) is 39.7 Å². The van der Waals surface area contributed by atoms with E-state index in [0.717, 1.165) is 18.3 Å². The average Bonchev–Trinajstić information content (AvgIpc) is 3.03. The highest BCUT2D eigenvalue weighted by molar-refractivity contribution is 6.33. The maximum Gasteiger partial charge on any atom is 0.328 e. The maximum atomic E-state index is 13.7. The Bertz CT molecular complexity index is 1270. The summed E-state index contributed by atoms with van der Waals surface area (Å²) in [5.41, 5.74) is 1.03. The SMILES string of the molecule is CNC(=O)/C(=C(\C=N)OCCOCCOCCOCCO)c1ccc(CC(NC(=O)c2cc(F)ccc2Cl)C(=O)OC)cc1. The Morgan fingerprint density at radius 1 is 0.977 bits per heavy atom. The summed E-state index contributed by atoms with van der Waals surface area (Å²) in [4.78, 5) is 37.9. The summed E-state index contributed by atoms with van der Waals surface area (Å²) in [6.45, 7) is 1.85. The monoisotopic (exact) mass is 637 g/mol. The van der Waals surface area contributed by atoms with Gasteiger partial charge in [-0.1, -0.05) is 35.9 Å². The highest BCUT2D eigenvalue weighted by atomic mass is 35.5. The molecule has 0 heterocycles. The molecule has 2 amide bonds. The third-order valence-corrected chi connectivity index (χ3v) is 6.27. The minimum absolute atomic E-state index is 0.0182. The van der Waals surface area contributed by atoms with E-state index < -0.39 is 29.6 Å². The van der Waals surface area contributed by atoms with Crippen molar-refractivity contribution in [2.24, 2.45) is 0 Å². The van der Waals surface area contributed by atoms with E-state index in [0.29, 0.717) is 37.6 Å². The van der Waals surface area contributed by atoms with Crippen LogP contribution in [0.4, 0.5) is 4.39 Å². The van der Waals surface area contributed by atoms with Gasteiger partial charge >= 0.3 is 5.97 Å². The predicted molar refractivity (Wildman–Crippen MR) is 160 cm³/mol. The molecule has 0 bridgehead atoms. The van der Waals surface area contributed by atoms with Crippen LogP contribution in [0.2, 0.25) is 5.02 Å². The van der Waals surface area contributed by atoms with Gasteiger partial charge in [0.05, 0.1) is 75.7 Å². The first-order valence-electron chi connectivity index (χ1n) is 13.6. The molecular formula is C30H37ClFN3O9. The molecule has 240 valence electrons. The number of halogens is 2. The number of allylic oxidation sites excluding steroid dienone is 1. The van der Waals surface area contributed by atoms with E-state index in [4.69, 9.17) is 45.8 Å². The Hall–Kier alpha value is -3.88. The number of carbonyl (C=O) groups is 3. The molecule has 0 saturated heterocycles. The Morgan fingerprint density at radius 3 is 2.16 bits per heavy atom. The fourth-order valence-corrected chi connectivity index (χ4v) is 4.00. The van der Waals surface area contributed by atoms with Crippen LogP contribution < -0.4 is 10.6 Å². The number of hydrogen-bond donors (Lipinski definition) is 4. The van der Waals surface area contributed by atoms with E-state index >= 15 is 0 Å². The van der Waals surface area contributed by atoms with Crippen LogP contribution in [0.5, 0.6) is 0 Å². The lowest BCUT2D eigenvalue weighted by Gasteiger charge is -2.18. The van der Waals surface area contributed by atoms with Gasteiger partial charge in [0.2, 0.25) is 0 Å². The number of rotatable bonds is 20. The summed E-state index contributed by atoms with van der Waals surface area (Å²) >= 11 is 6.03. The molecule has 2 aromatic carbocycles. The van der Waals surface area contributed by atoms with Gasteiger partial charge in [0.15, 0.2) is 0 Å². The van der Waals surface area contributed by atoms with Crippen LogP contribution in [0.15, 0.2) is 48.2 Å². The summed E-state index contributed by atoms with van der Waals surface area (Å²) in [7, 11) is 2.63. The second kappa shape index (κ2) is 20.1. The van der Waals surface area contributed by atoms with Gasteiger partial charge in [0.25, 0.3) is 11.8 Å². The number of carbonyl (C=O) groups excluding carboxylic acids is 3. The van der Waals surface area contributed by atoms with Crippen LogP contribution in [0.1, 0.15) is 21.5 Å². The number of methoxy groups -OCH3 is 1. The topological polar surface area (TPSA) is 166 Å². The molecule has 0 spiro atoms. The van der Waals surface area contributed by atoms with Crippen molar-refractivity contribution in [2.75, 3.05) is 67.0 Å². The molecule has 44 heavy (non-hydrogen) atoms. The van der Waals surface area contributed by atoms with E-state index in [9.17, 15) is 18.8 Å². The van der Waals surface area contributed by atoms with Gasteiger partial charge in [0.1, 0.15) is 24.2 Å². The quantitative estimate of drug-likeness (QED) is 0.0560. The Morgan fingerprint density at radius 2 is 1.59 bits per heavy atom. The summed E-state index contributed by atoms with van der Waals surface area (Å²) in [6.07, 6.45) is 0.948. The van der Waals surface area contributed by atoms with Gasteiger partial charge < -0.3 is 44.8 Å². The number of nitrogens with one attached hydrogen (secondary N) is 3. The van der Waals surface area contributed by atoms with Crippen LogP contribution in [0, 0.1) is 11.2 Å². The number of aliphatic hydroxyl groups excluding tert-OH is 1. The van der Waals surface area contributed by atoms with E-state index in [2.05, 4.69) is 10.6 Å². The molecule has 0 aliphatic heterocycles. The van der Waals surface area contributed by atoms with Gasteiger partial charge in [-0.15, -0.1) is 0 Å². The molecule has 0 aliphatic carbocycles. The fourth-order valence-electron chi connectivity index (χ4n) is 3.80. The van der Waals surface area contributed by atoms with E-state index in [-0.39, 0.29) is 54.8 Å². The summed E-state index contributed by atoms with van der Waals surface area (Å²) in [6, 6.07) is 8.74. The molecule has 0 radical (unpaired) electrons. The Kier molecular flexibility index (Phi) is 16.6. The van der Waals surface area contributed by atoms with Crippen molar-refractivity contribution in [3.8, 4) is 0 Å². The summed E-state index contributed by atoms with van der Waals surface area (Å²) in [5, 5.41) is 21.5. The molecule has 0 aromatic heterocycles. The van der Waals surface area contributed by atoms with Crippen molar-refractivity contribution in [3.05, 3.63) is 75.8 Å². The number of esters is 1. The van der Waals surface area contributed by atoms with Gasteiger partial charge in [0, 0.05) is 13.5 Å². The molecule has 4 N–H and O–H groups in total. The average molecular weight is 638 g/mol. The van der Waals surface area contributed by atoms with E-state index in [1.807, 2.05) is 0 Å². The number of benzene rings is 2. The normalized spacial score (nSPS) is 12.1. The van der Waals surface area contributed by atoms with Gasteiger partial charge in [-0.05, 0) is 29.3 Å². The third-order valence-electron chi connectivity index (χ3n) is 5.94. The number of likely N-dealkylation sites (N-methyl/N-ethyl adjacent to an activating group) is 1. The van der Waals surface area contributed by atoms with Gasteiger partial charge in [-0.2, -0.15) is 0 Å². The van der Waals surface area contributed by atoms with Gasteiger partial charge in [-0.3, -0.25) is 9.59 Å². The molecular weight excluding hydrogens is 601 g/mol. The van der Waals surface area contributed by atoms with E-state index in [1.165, 1.54) is 20.2 Å². The lowest BCUT2D eigenvalue weighted by Crippen LogP contribution is -2.43. The van der Waals surface area contributed by atoms with Crippen LogP contribution in [0.3, 0.4) is 0 Å². The number of amides is 2. The zero-order valence-electron chi connectivity index (χ0n) is 24.5. The van der Waals surface area contributed by atoms with Crippen molar-refractivity contribution >= 4 is 41.2 Å². The third kappa shape index (κ3) is 12.0. The smallest absolute Gasteiger partial charge is 0.328 e. The minimum atomic E-state index is -1.11. The Balaban J connectivity index is 2.05. The molecule has 14 heteroatoms. The Labute approximate surface area is 259 Å².